The van der Waals surface area contributed by atoms with Crippen molar-refractivity contribution >= 4 is 15.0 Å². The lowest BCUT2D eigenvalue weighted by molar-refractivity contribution is -0.0538. The molecule has 0 aliphatic heterocycles. The van der Waals surface area contributed by atoms with Crippen LogP contribution in [0.4, 0.5) is 0 Å². The predicted octanol–water partition coefficient (Wildman–Crippen LogP) is 10.1. The maximum absolute atomic E-state index is 8.26. The quantitative estimate of drug-likeness (QED) is 0.0801. The molecule has 7 nitrogen and oxygen atoms in total. The third-order valence-electron chi connectivity index (χ3n) is 10.8. The lowest BCUT2D eigenvalue weighted by Gasteiger charge is -2.44. The molecule has 0 saturated carbocycles. The van der Waals surface area contributed by atoms with Crippen molar-refractivity contribution in [2.75, 3.05) is 14.2 Å². The van der Waals surface area contributed by atoms with Crippen molar-refractivity contribution in [3.63, 3.8) is 0 Å². The summed E-state index contributed by atoms with van der Waals surface area (Å²) in [6.07, 6.45) is 3.60. The summed E-state index contributed by atoms with van der Waals surface area (Å²) in [5, 5.41) is 0. The largest absolute Gasteiger partial charge is 0.497 e. The van der Waals surface area contributed by atoms with Crippen LogP contribution in [0.15, 0.2) is 207 Å². The molecule has 0 bridgehead atoms. The Kier molecular flexibility index (Phi) is 13.1. The molecule has 0 aliphatic carbocycles. The van der Waals surface area contributed by atoms with E-state index in [4.69, 9.17) is 33.5 Å². The van der Waals surface area contributed by atoms with Crippen LogP contribution >= 0.6 is 0 Å². The lowest BCUT2D eigenvalue weighted by Crippen LogP contribution is -2.51. The van der Waals surface area contributed by atoms with E-state index in [1.165, 1.54) is 0 Å². The zero-order chi connectivity index (χ0) is 41.7. The Balaban J connectivity index is 1.44. The number of benzene rings is 6. The summed E-state index contributed by atoms with van der Waals surface area (Å²) in [5.74, 6) is 1.40. The van der Waals surface area contributed by atoms with Crippen molar-refractivity contribution in [3.05, 3.63) is 240 Å². The molecule has 8 aromatic rings. The van der Waals surface area contributed by atoms with E-state index < -0.39 is 11.0 Å². The van der Waals surface area contributed by atoms with Gasteiger partial charge in [-0.3, -0.25) is 9.97 Å². The van der Waals surface area contributed by atoms with Gasteiger partial charge < -0.3 is 23.5 Å². The fraction of sp³-hybridized carbons (Fsp3) is 0.115. The van der Waals surface area contributed by atoms with Gasteiger partial charge >= 0.3 is 15.0 Å². The molecule has 0 saturated heterocycles. The molecular formula is C52H46B2N2O5. The zero-order valence-electron chi connectivity index (χ0n) is 34.4. The van der Waals surface area contributed by atoms with Crippen molar-refractivity contribution in [2.45, 2.75) is 24.2 Å². The summed E-state index contributed by atoms with van der Waals surface area (Å²) < 4.78 is 33.8. The molecule has 300 valence electrons. The molecule has 0 radical (unpaired) electrons. The van der Waals surface area contributed by atoms with Gasteiger partial charge in [0, 0.05) is 12.4 Å². The second-order valence-electron chi connectivity index (χ2n) is 14.7. The van der Waals surface area contributed by atoms with Crippen molar-refractivity contribution < 1.29 is 23.5 Å². The second-order valence-corrected chi connectivity index (χ2v) is 14.7. The van der Waals surface area contributed by atoms with E-state index in [9.17, 15) is 0 Å². The Labute approximate surface area is 359 Å². The SMILES string of the molecule is COc1ccc(C(BOCc2ccccc2)(OC(BOCc2ccccc2)(c2ccccn2)c2ccc(OC)cc2-c2ccccc2)c2ccccn2)c(-c2ccccc2)c1. The molecule has 6 aromatic carbocycles. The number of pyridine rings is 2. The number of methoxy groups -OCH3 is 2. The average molecular weight is 801 g/mol. The third kappa shape index (κ3) is 9.20. The predicted molar refractivity (Wildman–Crippen MR) is 245 cm³/mol. The van der Waals surface area contributed by atoms with E-state index in [2.05, 4.69) is 72.8 Å². The van der Waals surface area contributed by atoms with Crippen LogP contribution in [0.1, 0.15) is 33.6 Å². The minimum atomic E-state index is -1.41. The fourth-order valence-corrected chi connectivity index (χ4v) is 7.85. The lowest BCUT2D eigenvalue weighted by atomic mass is 9.60. The highest BCUT2D eigenvalue weighted by Gasteiger charge is 2.52. The number of aromatic nitrogens is 2. The third-order valence-corrected chi connectivity index (χ3v) is 10.8. The molecule has 2 aromatic heterocycles. The highest BCUT2D eigenvalue weighted by atomic mass is 16.6. The van der Waals surface area contributed by atoms with Gasteiger partial charge in [0.2, 0.25) is 0 Å². The summed E-state index contributed by atoms with van der Waals surface area (Å²) in [6, 6.07) is 64.9. The molecule has 9 heteroatoms. The maximum Gasteiger partial charge on any atom is 0.321 e. The first-order valence-corrected chi connectivity index (χ1v) is 20.4. The summed E-state index contributed by atoms with van der Waals surface area (Å²) >= 11 is 0. The Morgan fingerprint density at radius 1 is 0.426 bits per heavy atom. The summed E-state index contributed by atoms with van der Waals surface area (Å²) in [7, 11) is 3.49. The van der Waals surface area contributed by atoms with Gasteiger partial charge in [0.15, 0.2) is 0 Å². The first-order chi connectivity index (χ1) is 30.1. The Morgan fingerprint density at radius 3 is 1.16 bits per heavy atom. The minimum Gasteiger partial charge on any atom is -0.497 e. The number of hydrogen-bond acceptors (Lipinski definition) is 7. The van der Waals surface area contributed by atoms with Crippen LogP contribution in [-0.4, -0.2) is 39.2 Å². The van der Waals surface area contributed by atoms with E-state index in [-0.39, 0.29) is 15.0 Å². The molecule has 2 atom stereocenters. The molecule has 0 aliphatic rings. The molecular weight excluding hydrogens is 754 g/mol. The van der Waals surface area contributed by atoms with Gasteiger partial charge in [0.25, 0.3) is 0 Å². The molecule has 61 heavy (non-hydrogen) atoms. The summed E-state index contributed by atoms with van der Waals surface area (Å²) in [6.45, 7) is 0.656. The highest BCUT2D eigenvalue weighted by Crippen LogP contribution is 2.49. The topological polar surface area (TPSA) is 71.9 Å². The van der Waals surface area contributed by atoms with Crippen LogP contribution in [0.5, 0.6) is 11.5 Å². The van der Waals surface area contributed by atoms with Crippen molar-refractivity contribution in [1.29, 1.82) is 0 Å². The van der Waals surface area contributed by atoms with Crippen molar-refractivity contribution in [1.82, 2.24) is 9.97 Å². The second kappa shape index (κ2) is 19.5. The fourth-order valence-electron chi connectivity index (χ4n) is 7.85. The first-order valence-electron chi connectivity index (χ1n) is 20.4. The first kappa shape index (κ1) is 41.0. The molecule has 2 unspecified atom stereocenters. The van der Waals surface area contributed by atoms with Gasteiger partial charge in [0.05, 0.1) is 38.8 Å². The number of ether oxygens (including phenoxy) is 3. The molecule has 8 rings (SSSR count). The standard InChI is InChI=1S/C52H46B2N2O5/c1-57-43-29-31-47(45(35-43)41-23-11-5-12-24-41)51(49-27-15-17-33-55-49,53-59-37-39-19-7-3-8-20-39)61-52(50-28-16-18-34-56-50,54-60-38-40-21-9-4-10-22-40)48-32-30-44(58-2)36-46(48)42-25-13-6-14-26-42/h3-36,53-54H,37-38H2,1-2H3. The highest BCUT2D eigenvalue weighted by molar-refractivity contribution is 6.36. The van der Waals surface area contributed by atoms with Crippen molar-refractivity contribution in [3.8, 4) is 33.8 Å². The van der Waals surface area contributed by atoms with E-state index in [0.717, 1.165) is 44.5 Å². The van der Waals surface area contributed by atoms with Gasteiger partial charge in [-0.25, -0.2) is 0 Å². The maximum atomic E-state index is 8.26. The van der Waals surface area contributed by atoms with Crippen LogP contribution in [-0.2, 0) is 38.3 Å². The van der Waals surface area contributed by atoms with E-state index in [1.807, 2.05) is 121 Å². The van der Waals surface area contributed by atoms with Crippen LogP contribution in [0.2, 0.25) is 0 Å². The van der Waals surface area contributed by atoms with Crippen molar-refractivity contribution in [2.24, 2.45) is 0 Å². The smallest absolute Gasteiger partial charge is 0.321 e. The monoisotopic (exact) mass is 800 g/mol. The van der Waals surface area contributed by atoms with E-state index >= 15 is 0 Å². The van der Waals surface area contributed by atoms with Crippen LogP contribution in [0.25, 0.3) is 22.3 Å². The molecule has 0 spiro atoms. The summed E-state index contributed by atoms with van der Waals surface area (Å²) in [4.78, 5) is 10.2. The van der Waals surface area contributed by atoms with Gasteiger partial charge in [-0.15, -0.1) is 0 Å². The number of hydrogen-bond donors (Lipinski definition) is 0. The van der Waals surface area contributed by atoms with Gasteiger partial charge in [-0.1, -0.05) is 146 Å². The Morgan fingerprint density at radius 2 is 0.803 bits per heavy atom. The Hall–Kier alpha value is -6.77. The summed E-state index contributed by atoms with van der Waals surface area (Å²) in [5.41, 5.74) is 5.91. The zero-order valence-corrected chi connectivity index (χ0v) is 34.4. The van der Waals surface area contributed by atoms with E-state index in [0.29, 0.717) is 36.1 Å². The number of rotatable bonds is 18. The van der Waals surface area contributed by atoms with Gasteiger partial charge in [-0.05, 0) is 93.0 Å². The van der Waals surface area contributed by atoms with Gasteiger partial charge in [0.1, 0.15) is 22.5 Å². The Bertz CT molecular complexity index is 2410. The van der Waals surface area contributed by atoms with Gasteiger partial charge in [-0.2, -0.15) is 0 Å². The molecule has 2 heterocycles. The van der Waals surface area contributed by atoms with Crippen LogP contribution in [0.3, 0.4) is 0 Å². The van der Waals surface area contributed by atoms with E-state index in [1.54, 1.807) is 26.6 Å². The van der Waals surface area contributed by atoms with Crippen LogP contribution in [0, 0.1) is 0 Å². The molecule has 0 N–H and O–H groups in total. The number of nitrogens with zero attached hydrogens (tertiary/aromatic N) is 2. The normalized spacial score (nSPS) is 13.0. The molecule has 0 fully saturated rings. The minimum absolute atomic E-state index is 0.0646. The average Bonchev–Trinajstić information content (AvgIpc) is 3.34. The molecule has 0 amide bonds. The van der Waals surface area contributed by atoms with Crippen LogP contribution < -0.4 is 9.47 Å².